The van der Waals surface area contributed by atoms with Crippen molar-refractivity contribution >= 4 is 17.3 Å². The minimum absolute atomic E-state index is 0.0385. The fraction of sp³-hybridized carbons (Fsp3) is 0.381. The Morgan fingerprint density at radius 3 is 2.48 bits per heavy atom. The number of alkyl halides is 6. The summed E-state index contributed by atoms with van der Waals surface area (Å²) in [5.74, 6) is -2.97. The van der Waals surface area contributed by atoms with Gasteiger partial charge in [0.1, 0.15) is 11.5 Å². The highest BCUT2D eigenvalue weighted by molar-refractivity contribution is 6.09. The molecule has 6 nitrogen and oxygen atoms in total. The highest BCUT2D eigenvalue weighted by atomic mass is 19.4. The van der Waals surface area contributed by atoms with Crippen LogP contribution in [0.1, 0.15) is 37.6 Å². The van der Waals surface area contributed by atoms with Crippen molar-refractivity contribution in [3.05, 3.63) is 58.6 Å². The summed E-state index contributed by atoms with van der Waals surface area (Å²) in [5.41, 5.74) is 6.45. The third kappa shape index (κ3) is 4.65. The van der Waals surface area contributed by atoms with Gasteiger partial charge in [-0.25, -0.2) is 4.98 Å². The van der Waals surface area contributed by atoms with Crippen molar-refractivity contribution in [2.45, 2.75) is 44.1 Å². The molecule has 5 N–H and O–H groups in total. The van der Waals surface area contributed by atoms with E-state index in [1.807, 2.05) is 0 Å². The monoisotopic (exact) mass is 474 g/mol. The number of hydrogen-bond acceptors (Lipinski definition) is 5. The second kappa shape index (κ2) is 8.32. The van der Waals surface area contributed by atoms with Crippen LogP contribution < -0.4 is 11.5 Å². The summed E-state index contributed by atoms with van der Waals surface area (Å²) in [7, 11) is 0. The summed E-state index contributed by atoms with van der Waals surface area (Å²) >= 11 is 0. The Labute approximate surface area is 184 Å². The van der Waals surface area contributed by atoms with E-state index in [-0.39, 0.29) is 5.69 Å². The zero-order valence-electron chi connectivity index (χ0n) is 17.3. The van der Waals surface area contributed by atoms with E-state index >= 15 is 0 Å². The van der Waals surface area contributed by atoms with Gasteiger partial charge in [0.2, 0.25) is 0 Å². The van der Waals surface area contributed by atoms with Crippen LogP contribution in [0.15, 0.2) is 52.2 Å². The van der Waals surface area contributed by atoms with Gasteiger partial charge in [0.05, 0.1) is 17.7 Å². The number of amidine groups is 1. The Hall–Kier alpha value is -3.15. The molecule has 0 bridgehead atoms. The molecule has 2 unspecified atom stereocenters. The number of pyridine rings is 1. The van der Waals surface area contributed by atoms with Crippen LogP contribution in [0, 0.1) is 5.92 Å². The van der Waals surface area contributed by atoms with Gasteiger partial charge in [-0.15, -0.1) is 0 Å². The van der Waals surface area contributed by atoms with Crippen LogP contribution in [0.4, 0.5) is 26.3 Å². The molecule has 1 aromatic heterocycles. The van der Waals surface area contributed by atoms with Crippen molar-refractivity contribution in [3.63, 3.8) is 0 Å². The van der Waals surface area contributed by atoms with Gasteiger partial charge in [-0.1, -0.05) is 30.7 Å². The molecule has 2 heterocycles. The number of carbonyl (C=O) groups is 1. The SMILES string of the molecule is CC(C1=CC(c2cccc(C(F)(F)F)n2)=CCC1)C(N)=C1C(N)=NC(=O)CC1(O)C(F)(F)F. The summed E-state index contributed by atoms with van der Waals surface area (Å²) in [6, 6.07) is 3.41. The minimum atomic E-state index is -5.25. The van der Waals surface area contributed by atoms with Gasteiger partial charge in [0.25, 0.3) is 5.91 Å². The molecular weight excluding hydrogens is 454 g/mol. The number of nitrogens with two attached hydrogens (primary N) is 2. The summed E-state index contributed by atoms with van der Waals surface area (Å²) in [4.78, 5) is 18.5. The number of rotatable bonds is 3. The van der Waals surface area contributed by atoms with E-state index in [1.165, 1.54) is 25.1 Å². The second-order valence-electron chi connectivity index (χ2n) is 7.80. The van der Waals surface area contributed by atoms with E-state index in [9.17, 15) is 36.2 Å². The molecule has 3 rings (SSSR count). The quantitative estimate of drug-likeness (QED) is 0.579. The maximum Gasteiger partial charge on any atom is 0.433 e. The first kappa shape index (κ1) is 24.5. The number of aliphatic hydroxyl groups is 1. The lowest BCUT2D eigenvalue weighted by molar-refractivity contribution is -0.244. The fourth-order valence-corrected chi connectivity index (χ4v) is 3.79. The third-order valence-corrected chi connectivity index (χ3v) is 5.58. The molecule has 33 heavy (non-hydrogen) atoms. The molecule has 0 saturated heterocycles. The van der Waals surface area contributed by atoms with Gasteiger partial charge < -0.3 is 16.6 Å². The summed E-state index contributed by atoms with van der Waals surface area (Å²) in [5, 5.41) is 10.4. The number of aromatic nitrogens is 1. The predicted octanol–water partition coefficient (Wildman–Crippen LogP) is 3.63. The number of nitrogens with zero attached hydrogens (tertiary/aromatic N) is 2. The Balaban J connectivity index is 2.04. The largest absolute Gasteiger partial charge is 0.433 e. The number of amides is 1. The van der Waals surface area contributed by atoms with Crippen molar-refractivity contribution < 1.29 is 36.2 Å². The highest BCUT2D eigenvalue weighted by Crippen LogP contribution is 2.43. The average Bonchev–Trinajstić information content (AvgIpc) is 2.71. The molecule has 1 aromatic rings. The highest BCUT2D eigenvalue weighted by Gasteiger charge is 2.60. The smallest absolute Gasteiger partial charge is 0.401 e. The topological polar surface area (TPSA) is 115 Å². The van der Waals surface area contributed by atoms with E-state index < -0.39 is 59.0 Å². The van der Waals surface area contributed by atoms with Crippen molar-refractivity contribution in [1.29, 1.82) is 0 Å². The van der Waals surface area contributed by atoms with Crippen molar-refractivity contribution in [1.82, 2.24) is 4.98 Å². The Kier molecular flexibility index (Phi) is 6.18. The zero-order chi connectivity index (χ0) is 24.8. The van der Waals surface area contributed by atoms with E-state index in [0.717, 1.165) is 6.07 Å². The first-order valence-electron chi connectivity index (χ1n) is 9.77. The number of aliphatic imine (C=N–C) groups is 1. The average molecular weight is 474 g/mol. The van der Waals surface area contributed by atoms with Crippen LogP contribution in [0.25, 0.3) is 5.57 Å². The van der Waals surface area contributed by atoms with Crippen LogP contribution in [-0.2, 0) is 11.0 Å². The maximum atomic E-state index is 13.7. The van der Waals surface area contributed by atoms with Gasteiger partial charge in [0, 0.05) is 11.6 Å². The summed E-state index contributed by atoms with van der Waals surface area (Å²) in [6.45, 7) is 1.47. The van der Waals surface area contributed by atoms with Crippen LogP contribution in [0.5, 0.6) is 0 Å². The van der Waals surface area contributed by atoms with Gasteiger partial charge in [-0.2, -0.15) is 31.3 Å². The lowest BCUT2D eigenvalue weighted by Gasteiger charge is -2.36. The Morgan fingerprint density at radius 2 is 1.88 bits per heavy atom. The molecule has 12 heteroatoms. The maximum absolute atomic E-state index is 13.7. The van der Waals surface area contributed by atoms with Crippen LogP contribution >= 0.6 is 0 Å². The van der Waals surface area contributed by atoms with Gasteiger partial charge in [-0.05, 0) is 30.5 Å². The summed E-state index contributed by atoms with van der Waals surface area (Å²) < 4.78 is 80.0. The molecule has 178 valence electrons. The third-order valence-electron chi connectivity index (χ3n) is 5.58. The fourth-order valence-electron chi connectivity index (χ4n) is 3.79. The lowest BCUT2D eigenvalue weighted by atomic mass is 9.79. The van der Waals surface area contributed by atoms with Crippen molar-refractivity contribution in [2.75, 3.05) is 0 Å². The molecule has 0 saturated carbocycles. The lowest BCUT2D eigenvalue weighted by Crippen LogP contribution is -2.55. The van der Waals surface area contributed by atoms with Crippen LogP contribution in [0.3, 0.4) is 0 Å². The Bertz CT molecular complexity index is 1100. The van der Waals surface area contributed by atoms with Gasteiger partial charge >= 0.3 is 12.4 Å². The molecule has 0 radical (unpaired) electrons. The molecule has 1 aliphatic heterocycles. The first-order chi connectivity index (χ1) is 15.1. The standard InChI is InChI=1S/C21H20F6N4O2/c1-10(17(28)16-18(29)31-15(32)9-19(16,33)21(25,26)27)11-4-2-5-12(8-11)13-6-3-7-14(30-13)20(22,23)24/h3,5-8,10,33H,2,4,9,28H2,1H3,(H2,29,31,32). The normalized spacial score (nSPS) is 24.6. The van der Waals surface area contributed by atoms with E-state index in [1.54, 1.807) is 6.08 Å². The van der Waals surface area contributed by atoms with E-state index in [4.69, 9.17) is 11.5 Å². The minimum Gasteiger partial charge on any atom is -0.401 e. The molecule has 0 fully saturated rings. The van der Waals surface area contributed by atoms with E-state index in [2.05, 4.69) is 9.98 Å². The number of allylic oxidation sites excluding steroid dienone is 4. The second-order valence-corrected chi connectivity index (χ2v) is 7.80. The van der Waals surface area contributed by atoms with Gasteiger partial charge in [0.15, 0.2) is 5.60 Å². The summed E-state index contributed by atoms with van der Waals surface area (Å²) in [6.07, 6.45) is -7.39. The molecule has 0 aromatic carbocycles. The number of hydrogen-bond donors (Lipinski definition) is 3. The molecule has 2 aliphatic rings. The number of halogens is 6. The van der Waals surface area contributed by atoms with Gasteiger partial charge in [-0.3, -0.25) is 4.79 Å². The first-order valence-corrected chi connectivity index (χ1v) is 9.77. The van der Waals surface area contributed by atoms with Crippen molar-refractivity contribution in [3.8, 4) is 0 Å². The van der Waals surface area contributed by atoms with Crippen molar-refractivity contribution in [2.24, 2.45) is 22.4 Å². The molecule has 1 aliphatic carbocycles. The predicted molar refractivity (Wildman–Crippen MR) is 107 cm³/mol. The molecule has 2 atom stereocenters. The van der Waals surface area contributed by atoms with Crippen LogP contribution in [0.2, 0.25) is 0 Å². The number of carbonyl (C=O) groups excluding carboxylic acids is 1. The zero-order valence-corrected chi connectivity index (χ0v) is 17.3. The van der Waals surface area contributed by atoms with E-state index in [0.29, 0.717) is 24.0 Å². The Morgan fingerprint density at radius 1 is 1.21 bits per heavy atom. The molecular formula is C21H20F6N4O2. The molecule has 1 amide bonds. The molecule has 0 spiro atoms. The van der Waals surface area contributed by atoms with Crippen LogP contribution in [-0.4, -0.2) is 33.6 Å².